The van der Waals surface area contributed by atoms with E-state index in [1.807, 2.05) is 13.0 Å². The Hall–Kier alpha value is -0.980. The van der Waals surface area contributed by atoms with Gasteiger partial charge in [-0.3, -0.25) is 0 Å². The van der Waals surface area contributed by atoms with E-state index in [-0.39, 0.29) is 0 Å². The molecule has 0 unspecified atom stereocenters. The summed E-state index contributed by atoms with van der Waals surface area (Å²) in [6.45, 7) is 10.9. The van der Waals surface area contributed by atoms with E-state index in [0.29, 0.717) is 0 Å². The Balaban J connectivity index is 0. The van der Waals surface area contributed by atoms with Gasteiger partial charge in [-0.25, -0.2) is 0 Å². The lowest BCUT2D eigenvalue weighted by Gasteiger charge is -1.92. The molecule has 0 rings (SSSR count). The van der Waals surface area contributed by atoms with Crippen LogP contribution >= 0.6 is 0 Å². The van der Waals surface area contributed by atoms with Gasteiger partial charge in [0.05, 0.1) is 12.9 Å². The van der Waals surface area contributed by atoms with Crippen molar-refractivity contribution in [2.24, 2.45) is 0 Å². The van der Waals surface area contributed by atoms with Crippen LogP contribution < -0.4 is 0 Å². The molecule has 0 aromatic rings. The van der Waals surface area contributed by atoms with Gasteiger partial charge in [0, 0.05) is 0 Å². The molecule has 0 spiro atoms. The maximum atomic E-state index is 4.78. The number of rotatable bonds is 3. The second kappa shape index (κ2) is 11.8. The Kier molecular flexibility index (Phi) is 13.6. The van der Waals surface area contributed by atoms with Gasteiger partial charge in [0.2, 0.25) is 0 Å². The highest BCUT2D eigenvalue weighted by molar-refractivity contribution is 5.01. The van der Waals surface area contributed by atoms with Crippen LogP contribution in [0.1, 0.15) is 20.3 Å². The molecule has 0 N–H and O–H groups in total. The van der Waals surface area contributed by atoms with E-state index in [2.05, 4.69) is 20.1 Å². The largest absolute Gasteiger partial charge is 0.501 e. The minimum absolute atomic E-state index is 0.884. The fourth-order valence-corrected chi connectivity index (χ4v) is 0.234. The van der Waals surface area contributed by atoms with E-state index in [4.69, 9.17) is 4.74 Å². The SMILES string of the molecule is C=C/C=C(\C)OC.C=CCC. The third-order valence-electron chi connectivity index (χ3n) is 0.963. The van der Waals surface area contributed by atoms with Gasteiger partial charge in [0.1, 0.15) is 0 Å². The maximum Gasteiger partial charge on any atom is 0.0924 e. The van der Waals surface area contributed by atoms with E-state index in [1.165, 1.54) is 0 Å². The number of ether oxygens (including phenoxy) is 1. The monoisotopic (exact) mass is 154 g/mol. The van der Waals surface area contributed by atoms with Gasteiger partial charge in [-0.1, -0.05) is 25.7 Å². The first-order valence-corrected chi connectivity index (χ1v) is 3.67. The highest BCUT2D eigenvalue weighted by atomic mass is 16.5. The van der Waals surface area contributed by atoms with Gasteiger partial charge < -0.3 is 4.74 Å². The zero-order valence-electron chi connectivity index (χ0n) is 7.76. The molecular weight excluding hydrogens is 136 g/mol. The van der Waals surface area contributed by atoms with Crippen molar-refractivity contribution in [3.05, 3.63) is 37.1 Å². The first kappa shape index (κ1) is 12.7. The highest BCUT2D eigenvalue weighted by Gasteiger charge is 1.74. The Bertz CT molecular complexity index is 123. The van der Waals surface area contributed by atoms with Gasteiger partial charge in [-0.2, -0.15) is 0 Å². The summed E-state index contributed by atoms with van der Waals surface area (Å²) in [5.41, 5.74) is 0. The first-order valence-electron chi connectivity index (χ1n) is 3.67. The van der Waals surface area contributed by atoms with Crippen LogP contribution in [0.25, 0.3) is 0 Å². The molecule has 0 aliphatic carbocycles. The third-order valence-corrected chi connectivity index (χ3v) is 0.963. The number of methoxy groups -OCH3 is 1. The predicted octanol–water partition coefficient (Wildman–Crippen LogP) is 3.31. The van der Waals surface area contributed by atoms with Crippen molar-refractivity contribution in [1.82, 2.24) is 0 Å². The third kappa shape index (κ3) is 17.6. The summed E-state index contributed by atoms with van der Waals surface area (Å²) in [5, 5.41) is 0. The van der Waals surface area contributed by atoms with Crippen LogP contribution in [0.15, 0.2) is 37.1 Å². The van der Waals surface area contributed by atoms with Crippen LogP contribution in [0, 0.1) is 0 Å². The molecule has 0 amide bonds. The lowest BCUT2D eigenvalue weighted by Crippen LogP contribution is -1.74. The van der Waals surface area contributed by atoms with Gasteiger partial charge >= 0.3 is 0 Å². The molecule has 64 valence electrons. The molecule has 11 heavy (non-hydrogen) atoms. The van der Waals surface area contributed by atoms with Crippen molar-refractivity contribution in [3.63, 3.8) is 0 Å². The van der Waals surface area contributed by atoms with E-state index in [9.17, 15) is 0 Å². The van der Waals surface area contributed by atoms with Crippen molar-refractivity contribution in [3.8, 4) is 0 Å². The average Bonchev–Trinajstić information content (AvgIpc) is 2.05. The Morgan fingerprint density at radius 3 is 2.00 bits per heavy atom. The van der Waals surface area contributed by atoms with Gasteiger partial charge in [-0.05, 0) is 19.4 Å². The van der Waals surface area contributed by atoms with Crippen molar-refractivity contribution in [1.29, 1.82) is 0 Å². The predicted molar refractivity (Wildman–Crippen MR) is 51.5 cm³/mol. The minimum atomic E-state index is 0.884. The summed E-state index contributed by atoms with van der Waals surface area (Å²) >= 11 is 0. The van der Waals surface area contributed by atoms with Gasteiger partial charge in [0.15, 0.2) is 0 Å². The van der Waals surface area contributed by atoms with Crippen LogP contribution in [0.2, 0.25) is 0 Å². The maximum absolute atomic E-state index is 4.78. The van der Waals surface area contributed by atoms with Crippen LogP contribution in [-0.2, 0) is 4.74 Å². The molecular formula is C10H18O. The smallest absolute Gasteiger partial charge is 0.0924 e. The second-order valence-electron chi connectivity index (χ2n) is 1.91. The lowest BCUT2D eigenvalue weighted by molar-refractivity contribution is 0.294. The topological polar surface area (TPSA) is 9.23 Å². The summed E-state index contributed by atoms with van der Waals surface area (Å²) in [5.74, 6) is 0.884. The normalized spacial score (nSPS) is 9.18. The van der Waals surface area contributed by atoms with Crippen LogP contribution in [0.4, 0.5) is 0 Å². The van der Waals surface area contributed by atoms with Crippen molar-refractivity contribution in [2.45, 2.75) is 20.3 Å². The van der Waals surface area contributed by atoms with Gasteiger partial charge in [-0.15, -0.1) is 6.58 Å². The number of allylic oxidation sites excluding steroid dienone is 4. The molecule has 0 heterocycles. The molecule has 0 saturated carbocycles. The van der Waals surface area contributed by atoms with Crippen LogP contribution in [-0.4, -0.2) is 7.11 Å². The Morgan fingerprint density at radius 2 is 1.91 bits per heavy atom. The quantitative estimate of drug-likeness (QED) is 0.344. The fourth-order valence-electron chi connectivity index (χ4n) is 0.234. The van der Waals surface area contributed by atoms with Crippen molar-refractivity contribution >= 4 is 0 Å². The van der Waals surface area contributed by atoms with Crippen molar-refractivity contribution < 1.29 is 4.74 Å². The molecule has 0 aliphatic rings. The number of hydrogen-bond acceptors (Lipinski definition) is 1. The molecule has 0 aliphatic heterocycles. The standard InChI is InChI=1S/C6H10O.C4H8/c1-4-5-6(2)7-3;1-3-4-2/h4-5H,1H2,2-3H3;3H,1,4H2,2H3/b6-5+;. The molecule has 0 atom stereocenters. The summed E-state index contributed by atoms with van der Waals surface area (Å²) in [6, 6.07) is 0. The molecule has 0 radical (unpaired) electrons. The van der Waals surface area contributed by atoms with E-state index < -0.39 is 0 Å². The fraction of sp³-hybridized carbons (Fsp3) is 0.400. The minimum Gasteiger partial charge on any atom is -0.501 e. The lowest BCUT2D eigenvalue weighted by atomic mass is 10.5. The molecule has 0 fully saturated rings. The second-order valence-corrected chi connectivity index (χ2v) is 1.91. The average molecular weight is 154 g/mol. The summed E-state index contributed by atoms with van der Waals surface area (Å²) in [7, 11) is 1.63. The summed E-state index contributed by atoms with van der Waals surface area (Å²) < 4.78 is 4.78. The molecule has 1 nitrogen and oxygen atoms in total. The van der Waals surface area contributed by atoms with E-state index in [0.717, 1.165) is 12.2 Å². The van der Waals surface area contributed by atoms with Crippen molar-refractivity contribution in [2.75, 3.05) is 7.11 Å². The Labute approximate surface area is 70.1 Å². The van der Waals surface area contributed by atoms with Crippen LogP contribution in [0.3, 0.4) is 0 Å². The Morgan fingerprint density at radius 1 is 1.45 bits per heavy atom. The zero-order valence-corrected chi connectivity index (χ0v) is 7.76. The molecule has 0 bridgehead atoms. The van der Waals surface area contributed by atoms with E-state index >= 15 is 0 Å². The number of hydrogen-bond donors (Lipinski definition) is 0. The van der Waals surface area contributed by atoms with Crippen LogP contribution in [0.5, 0.6) is 0 Å². The highest BCUT2D eigenvalue weighted by Crippen LogP contribution is 1.89. The zero-order chi connectivity index (χ0) is 9.11. The summed E-state index contributed by atoms with van der Waals surface area (Å²) in [6.07, 6.45) is 6.46. The molecule has 1 heteroatoms. The first-order chi connectivity index (χ1) is 5.22. The molecule has 0 aromatic carbocycles. The summed E-state index contributed by atoms with van der Waals surface area (Å²) in [4.78, 5) is 0. The molecule has 0 saturated heterocycles. The van der Waals surface area contributed by atoms with E-state index in [1.54, 1.807) is 19.3 Å². The molecule has 0 aromatic heterocycles. The van der Waals surface area contributed by atoms with Gasteiger partial charge in [0.25, 0.3) is 0 Å².